The van der Waals surface area contributed by atoms with E-state index >= 15 is 0 Å². The molecule has 0 saturated heterocycles. The van der Waals surface area contributed by atoms with Gasteiger partial charge in [-0.05, 0) is 38.5 Å². The van der Waals surface area contributed by atoms with Crippen molar-refractivity contribution < 1.29 is 28.6 Å². The zero-order valence-electron chi connectivity index (χ0n) is 44.0. The lowest BCUT2D eigenvalue weighted by atomic mass is 10.0. The summed E-state index contributed by atoms with van der Waals surface area (Å²) in [6.45, 7) is 6.52. The van der Waals surface area contributed by atoms with Crippen molar-refractivity contribution in [2.75, 3.05) is 13.2 Å². The van der Waals surface area contributed by atoms with E-state index in [-0.39, 0.29) is 31.1 Å². The van der Waals surface area contributed by atoms with Crippen LogP contribution in [0.5, 0.6) is 0 Å². The smallest absolute Gasteiger partial charge is 0.306 e. The molecule has 0 heterocycles. The van der Waals surface area contributed by atoms with Crippen molar-refractivity contribution in [1.82, 2.24) is 0 Å². The van der Waals surface area contributed by atoms with Crippen molar-refractivity contribution in [2.45, 2.75) is 335 Å². The summed E-state index contributed by atoms with van der Waals surface area (Å²) in [5.41, 5.74) is 0. The van der Waals surface area contributed by atoms with Crippen LogP contribution in [0.4, 0.5) is 0 Å². The van der Waals surface area contributed by atoms with Gasteiger partial charge < -0.3 is 14.2 Å². The van der Waals surface area contributed by atoms with Crippen molar-refractivity contribution in [3.63, 3.8) is 0 Å². The molecule has 6 heteroatoms. The summed E-state index contributed by atoms with van der Waals surface area (Å²) in [6, 6.07) is 0. The summed E-state index contributed by atoms with van der Waals surface area (Å²) in [6.07, 6.45) is 63.0. The normalized spacial score (nSPS) is 12.0. The SMILES string of the molecule is CCC/C=C\CCCCCCCC(=O)OC(COC(=O)CCCCCCC)COC(=O)CCCCCCCCCCCCCCCCCCCCCCCCCCCCCCCCCC. The average molecular weight is 918 g/mol. The number of allylic oxidation sites excluding steroid dienone is 2. The number of rotatable bonds is 54. The standard InChI is InChI=1S/C59H112O6/c1-4-7-10-13-15-17-19-20-21-22-23-24-25-26-27-28-29-30-31-32-33-34-35-36-37-38-39-40-42-43-46-49-52-58(61)64-55-56(54-63-57(60)51-48-45-12-9-6-3)65-59(62)53-50-47-44-41-18-16-14-11-8-5-2/h11,14,56H,4-10,12-13,15-55H2,1-3H3/b14-11-. The van der Waals surface area contributed by atoms with Crippen LogP contribution in [-0.2, 0) is 28.6 Å². The molecule has 0 saturated carbocycles. The number of carbonyl (C=O) groups is 3. The first-order valence-corrected chi connectivity index (χ1v) is 29.2. The molecule has 0 aliphatic heterocycles. The maximum absolute atomic E-state index is 12.7. The number of unbranched alkanes of at least 4 members (excludes halogenated alkanes) is 41. The molecule has 0 amide bonds. The van der Waals surface area contributed by atoms with Gasteiger partial charge in [-0.25, -0.2) is 0 Å². The second-order valence-electron chi connectivity index (χ2n) is 19.9. The third-order valence-electron chi connectivity index (χ3n) is 13.3. The lowest BCUT2D eigenvalue weighted by Gasteiger charge is -2.18. The highest BCUT2D eigenvalue weighted by Crippen LogP contribution is 2.18. The van der Waals surface area contributed by atoms with Gasteiger partial charge in [-0.2, -0.15) is 0 Å². The second-order valence-corrected chi connectivity index (χ2v) is 19.9. The minimum absolute atomic E-state index is 0.0699. The quantitative estimate of drug-likeness (QED) is 0.0262. The molecule has 0 aliphatic rings. The molecular weight excluding hydrogens is 805 g/mol. The summed E-state index contributed by atoms with van der Waals surface area (Å²) in [5, 5.41) is 0. The number of esters is 3. The van der Waals surface area contributed by atoms with Crippen molar-refractivity contribution in [2.24, 2.45) is 0 Å². The maximum atomic E-state index is 12.7. The van der Waals surface area contributed by atoms with Crippen LogP contribution < -0.4 is 0 Å². The fraction of sp³-hybridized carbons (Fsp3) is 0.915. The Morgan fingerprint density at radius 1 is 0.292 bits per heavy atom. The van der Waals surface area contributed by atoms with Crippen molar-refractivity contribution in [3.8, 4) is 0 Å². The zero-order valence-corrected chi connectivity index (χ0v) is 44.0. The van der Waals surface area contributed by atoms with Crippen LogP contribution in [0.3, 0.4) is 0 Å². The molecule has 0 N–H and O–H groups in total. The van der Waals surface area contributed by atoms with E-state index < -0.39 is 6.10 Å². The van der Waals surface area contributed by atoms with Gasteiger partial charge in [-0.1, -0.05) is 283 Å². The Labute approximate surface area is 405 Å². The summed E-state index contributed by atoms with van der Waals surface area (Å²) in [4.78, 5) is 37.6. The predicted molar refractivity (Wildman–Crippen MR) is 280 cm³/mol. The Morgan fingerprint density at radius 2 is 0.538 bits per heavy atom. The van der Waals surface area contributed by atoms with Gasteiger partial charge in [0.2, 0.25) is 0 Å². The van der Waals surface area contributed by atoms with Gasteiger partial charge >= 0.3 is 17.9 Å². The minimum atomic E-state index is -0.765. The van der Waals surface area contributed by atoms with Crippen LogP contribution in [0.15, 0.2) is 12.2 Å². The first-order chi connectivity index (χ1) is 32.0. The van der Waals surface area contributed by atoms with E-state index in [1.165, 1.54) is 205 Å². The highest BCUT2D eigenvalue weighted by molar-refractivity contribution is 5.71. The third kappa shape index (κ3) is 53.0. The molecule has 6 nitrogen and oxygen atoms in total. The molecule has 1 atom stereocenters. The molecule has 0 spiro atoms. The fourth-order valence-electron chi connectivity index (χ4n) is 8.86. The molecule has 0 aromatic heterocycles. The fourth-order valence-corrected chi connectivity index (χ4v) is 8.86. The molecular formula is C59H112O6. The van der Waals surface area contributed by atoms with Gasteiger partial charge in [0.25, 0.3) is 0 Å². The van der Waals surface area contributed by atoms with Crippen LogP contribution in [0.25, 0.3) is 0 Å². The van der Waals surface area contributed by atoms with Gasteiger partial charge in [0.05, 0.1) is 0 Å². The Morgan fingerprint density at radius 3 is 0.831 bits per heavy atom. The van der Waals surface area contributed by atoms with Gasteiger partial charge in [0, 0.05) is 19.3 Å². The maximum Gasteiger partial charge on any atom is 0.306 e. The average Bonchev–Trinajstić information content (AvgIpc) is 3.30. The molecule has 0 fully saturated rings. The van der Waals surface area contributed by atoms with Crippen LogP contribution in [-0.4, -0.2) is 37.2 Å². The van der Waals surface area contributed by atoms with Crippen molar-refractivity contribution in [1.29, 1.82) is 0 Å². The van der Waals surface area contributed by atoms with Crippen molar-refractivity contribution in [3.05, 3.63) is 12.2 Å². The first kappa shape index (κ1) is 63.1. The third-order valence-corrected chi connectivity index (χ3v) is 13.3. The van der Waals surface area contributed by atoms with E-state index in [4.69, 9.17) is 14.2 Å². The van der Waals surface area contributed by atoms with E-state index in [0.29, 0.717) is 19.3 Å². The van der Waals surface area contributed by atoms with Gasteiger partial charge in [-0.15, -0.1) is 0 Å². The largest absolute Gasteiger partial charge is 0.462 e. The van der Waals surface area contributed by atoms with Crippen LogP contribution >= 0.6 is 0 Å². The molecule has 0 aromatic carbocycles. The zero-order chi connectivity index (χ0) is 47.2. The summed E-state index contributed by atoms with van der Waals surface area (Å²) in [7, 11) is 0. The van der Waals surface area contributed by atoms with E-state index in [1.54, 1.807) is 0 Å². The lowest BCUT2D eigenvalue weighted by Crippen LogP contribution is -2.30. The van der Waals surface area contributed by atoms with Crippen molar-refractivity contribution >= 4 is 17.9 Å². The number of carbonyl (C=O) groups excluding carboxylic acids is 3. The lowest BCUT2D eigenvalue weighted by molar-refractivity contribution is -0.167. The van der Waals surface area contributed by atoms with E-state index in [0.717, 1.165) is 83.5 Å². The highest BCUT2D eigenvalue weighted by Gasteiger charge is 2.19. The molecule has 0 bridgehead atoms. The van der Waals surface area contributed by atoms with Gasteiger partial charge in [-0.3, -0.25) is 14.4 Å². The monoisotopic (exact) mass is 917 g/mol. The first-order valence-electron chi connectivity index (χ1n) is 29.2. The number of hydrogen-bond donors (Lipinski definition) is 0. The summed E-state index contributed by atoms with van der Waals surface area (Å²) < 4.78 is 16.6. The van der Waals surface area contributed by atoms with Crippen LogP contribution in [0.2, 0.25) is 0 Å². The molecule has 65 heavy (non-hydrogen) atoms. The number of hydrogen-bond acceptors (Lipinski definition) is 6. The molecule has 1 unspecified atom stereocenters. The number of ether oxygens (including phenoxy) is 3. The summed E-state index contributed by atoms with van der Waals surface area (Å²) in [5.74, 6) is -0.881. The second kappa shape index (κ2) is 54.8. The van der Waals surface area contributed by atoms with E-state index in [9.17, 15) is 14.4 Å². The summed E-state index contributed by atoms with van der Waals surface area (Å²) >= 11 is 0. The molecule has 0 radical (unpaired) electrons. The van der Waals surface area contributed by atoms with Gasteiger partial charge in [0.15, 0.2) is 6.10 Å². The van der Waals surface area contributed by atoms with Crippen LogP contribution in [0.1, 0.15) is 329 Å². The Balaban J connectivity index is 3.79. The predicted octanol–water partition coefficient (Wildman–Crippen LogP) is 19.3. The minimum Gasteiger partial charge on any atom is -0.462 e. The Kier molecular flexibility index (Phi) is 53.2. The topological polar surface area (TPSA) is 78.9 Å². The molecule has 0 rings (SSSR count). The Hall–Kier alpha value is -1.85. The highest BCUT2D eigenvalue weighted by atomic mass is 16.6. The molecule has 0 aliphatic carbocycles. The Bertz CT molecular complexity index is 1010. The molecule has 0 aromatic rings. The molecule has 384 valence electrons. The van der Waals surface area contributed by atoms with E-state index in [2.05, 4.69) is 32.9 Å². The van der Waals surface area contributed by atoms with Crippen LogP contribution in [0, 0.1) is 0 Å². The van der Waals surface area contributed by atoms with E-state index in [1.807, 2.05) is 0 Å². The van der Waals surface area contributed by atoms with Gasteiger partial charge in [0.1, 0.15) is 13.2 Å².